The zero-order chi connectivity index (χ0) is 21.4. The number of hydrogen-bond donors (Lipinski definition) is 1. The molecule has 0 unspecified atom stereocenters. The first-order valence-corrected chi connectivity index (χ1v) is 11.6. The van der Waals surface area contributed by atoms with E-state index >= 15 is 0 Å². The zero-order valence-corrected chi connectivity index (χ0v) is 18.3. The quantitative estimate of drug-likeness (QED) is 0.599. The maximum absolute atomic E-state index is 12.7. The van der Waals surface area contributed by atoms with E-state index in [4.69, 9.17) is 4.74 Å². The Labute approximate surface area is 173 Å². The number of para-hydroxylation sites is 2. The van der Waals surface area contributed by atoms with Gasteiger partial charge in [-0.05, 0) is 36.1 Å². The third kappa shape index (κ3) is 6.22. The number of carbonyl (C=O) groups is 1. The highest BCUT2D eigenvalue weighted by molar-refractivity contribution is 7.92. The van der Waals surface area contributed by atoms with Gasteiger partial charge in [0.1, 0.15) is 18.4 Å². The van der Waals surface area contributed by atoms with E-state index in [0.29, 0.717) is 24.6 Å². The molecule has 2 aromatic carbocycles. The molecule has 0 saturated heterocycles. The van der Waals surface area contributed by atoms with Crippen LogP contribution in [0.5, 0.6) is 5.75 Å². The fourth-order valence-corrected chi connectivity index (χ4v) is 4.39. The summed E-state index contributed by atoms with van der Waals surface area (Å²) in [6.07, 6.45) is 1.47. The van der Waals surface area contributed by atoms with Crippen LogP contribution in [-0.2, 0) is 14.8 Å². The lowest BCUT2D eigenvalue weighted by molar-refractivity contribution is -0.122. The number of nitrogens with one attached hydrogen (secondary N) is 1. The molecule has 0 fully saturated rings. The maximum atomic E-state index is 12.7. The molecule has 1 atom stereocenters. The smallest absolute Gasteiger partial charge is 0.244 e. The van der Waals surface area contributed by atoms with Gasteiger partial charge in [-0.25, -0.2) is 8.42 Å². The van der Waals surface area contributed by atoms with Crippen molar-refractivity contribution in [1.29, 1.82) is 0 Å². The highest BCUT2D eigenvalue weighted by atomic mass is 32.2. The van der Waals surface area contributed by atoms with Gasteiger partial charge in [0.2, 0.25) is 15.9 Å². The van der Waals surface area contributed by atoms with Gasteiger partial charge in [-0.2, -0.15) is 0 Å². The predicted octanol–water partition coefficient (Wildman–Crippen LogP) is 3.55. The molecule has 0 saturated carbocycles. The normalized spacial score (nSPS) is 12.4. The largest absolute Gasteiger partial charge is 0.491 e. The first-order valence-electron chi connectivity index (χ1n) is 9.79. The minimum absolute atomic E-state index is 0.286. The Bertz CT molecular complexity index is 898. The third-order valence-electron chi connectivity index (χ3n) is 4.54. The number of anilines is 1. The number of sulfonamides is 1. The number of ether oxygens (including phenoxy) is 1. The first kappa shape index (κ1) is 22.7. The van der Waals surface area contributed by atoms with Crippen molar-refractivity contribution >= 4 is 21.6 Å². The number of benzene rings is 2. The lowest BCUT2D eigenvalue weighted by Gasteiger charge is -2.30. The summed E-state index contributed by atoms with van der Waals surface area (Å²) in [4.78, 5) is 12.7. The lowest BCUT2D eigenvalue weighted by Crippen LogP contribution is -2.50. The molecular weight excluding hydrogens is 388 g/mol. The summed E-state index contributed by atoms with van der Waals surface area (Å²) >= 11 is 0. The monoisotopic (exact) mass is 418 g/mol. The summed E-state index contributed by atoms with van der Waals surface area (Å²) < 4.78 is 31.8. The molecule has 2 rings (SSSR count). The van der Waals surface area contributed by atoms with E-state index < -0.39 is 16.1 Å². The van der Waals surface area contributed by atoms with E-state index in [-0.39, 0.29) is 12.5 Å². The van der Waals surface area contributed by atoms with Gasteiger partial charge in [0.15, 0.2) is 0 Å². The second-order valence-corrected chi connectivity index (χ2v) is 9.01. The molecule has 0 aromatic heterocycles. The second kappa shape index (κ2) is 10.3. The van der Waals surface area contributed by atoms with Crippen LogP contribution < -0.4 is 14.4 Å². The van der Waals surface area contributed by atoms with Gasteiger partial charge in [0.25, 0.3) is 0 Å². The van der Waals surface area contributed by atoms with Gasteiger partial charge in [-0.1, -0.05) is 57.2 Å². The van der Waals surface area contributed by atoms with Crippen molar-refractivity contribution in [3.63, 3.8) is 0 Å². The summed E-state index contributed by atoms with van der Waals surface area (Å²) in [6.45, 7) is 6.57. The van der Waals surface area contributed by atoms with E-state index in [9.17, 15) is 13.2 Å². The van der Waals surface area contributed by atoms with Crippen molar-refractivity contribution in [3.8, 4) is 5.75 Å². The summed E-state index contributed by atoms with van der Waals surface area (Å²) in [7, 11) is -3.62. The molecule has 29 heavy (non-hydrogen) atoms. The van der Waals surface area contributed by atoms with Crippen molar-refractivity contribution in [2.24, 2.45) is 0 Å². The molecule has 0 aliphatic carbocycles. The van der Waals surface area contributed by atoms with Gasteiger partial charge in [0, 0.05) is 0 Å². The van der Waals surface area contributed by atoms with Gasteiger partial charge >= 0.3 is 0 Å². The van der Waals surface area contributed by atoms with Crippen molar-refractivity contribution < 1.29 is 17.9 Å². The van der Waals surface area contributed by atoms with E-state index in [1.165, 1.54) is 4.31 Å². The van der Waals surface area contributed by atoms with Crippen molar-refractivity contribution in [1.82, 2.24) is 5.32 Å². The van der Waals surface area contributed by atoms with Gasteiger partial charge in [-0.15, -0.1) is 0 Å². The molecule has 0 aliphatic heterocycles. The Morgan fingerprint density at radius 3 is 2.28 bits per heavy atom. The predicted molar refractivity (Wildman–Crippen MR) is 117 cm³/mol. The summed E-state index contributed by atoms with van der Waals surface area (Å²) in [5, 5.41) is 2.80. The van der Waals surface area contributed by atoms with E-state index in [1.807, 2.05) is 24.3 Å². The molecule has 1 amide bonds. The topological polar surface area (TPSA) is 75.7 Å². The molecule has 0 radical (unpaired) electrons. The van der Waals surface area contributed by atoms with Crippen molar-refractivity contribution in [2.75, 3.05) is 23.7 Å². The molecule has 0 aliphatic rings. The second-order valence-electron chi connectivity index (χ2n) is 7.15. The molecule has 1 N–H and O–H groups in total. The van der Waals surface area contributed by atoms with Crippen molar-refractivity contribution in [2.45, 2.75) is 39.2 Å². The highest BCUT2D eigenvalue weighted by Gasteiger charge is 2.31. The highest BCUT2D eigenvalue weighted by Crippen LogP contribution is 2.25. The van der Waals surface area contributed by atoms with E-state index in [2.05, 4.69) is 19.2 Å². The van der Waals surface area contributed by atoms with Crippen LogP contribution in [0.4, 0.5) is 5.69 Å². The van der Waals surface area contributed by atoms with Gasteiger partial charge in [-0.3, -0.25) is 9.10 Å². The Kier molecular flexibility index (Phi) is 8.08. The lowest BCUT2D eigenvalue weighted by atomic mass is 10.0. The van der Waals surface area contributed by atoms with Crippen LogP contribution in [0.3, 0.4) is 0 Å². The number of rotatable bonds is 10. The molecule has 0 heterocycles. The van der Waals surface area contributed by atoms with E-state index in [0.717, 1.165) is 17.6 Å². The van der Waals surface area contributed by atoms with E-state index in [1.54, 1.807) is 37.3 Å². The molecule has 0 spiro atoms. The molecule has 7 heteroatoms. The maximum Gasteiger partial charge on any atom is 0.244 e. The summed E-state index contributed by atoms with van der Waals surface area (Å²) in [5.74, 6) is 0.785. The van der Waals surface area contributed by atoms with Crippen molar-refractivity contribution in [3.05, 3.63) is 60.2 Å². The molecule has 2 aromatic rings. The van der Waals surface area contributed by atoms with Crippen LogP contribution in [0.1, 0.15) is 38.7 Å². The SMILES string of the molecule is CC[C@@H](C(=O)NCCOc1ccccc1C(C)C)N(c1ccccc1)S(C)(=O)=O. The van der Waals surface area contributed by atoms with Crippen LogP contribution in [-0.4, -0.2) is 39.8 Å². The minimum atomic E-state index is -3.62. The summed E-state index contributed by atoms with van der Waals surface area (Å²) in [5.41, 5.74) is 1.58. The van der Waals surface area contributed by atoms with Gasteiger partial charge in [0.05, 0.1) is 18.5 Å². The Hall–Kier alpha value is -2.54. The Morgan fingerprint density at radius 1 is 1.07 bits per heavy atom. The molecular formula is C22H30N2O4S. The number of hydrogen-bond acceptors (Lipinski definition) is 4. The standard InChI is InChI=1S/C22H30N2O4S/c1-5-20(24(29(4,26)27)18-11-7-6-8-12-18)22(25)23-15-16-28-21-14-10-9-13-19(21)17(2)3/h6-14,17,20H,5,15-16H2,1-4H3,(H,23,25)/t20-/m0/s1. The fraction of sp³-hybridized carbons (Fsp3) is 0.409. The minimum Gasteiger partial charge on any atom is -0.491 e. The third-order valence-corrected chi connectivity index (χ3v) is 5.72. The summed E-state index contributed by atoms with van der Waals surface area (Å²) in [6, 6.07) is 15.7. The van der Waals surface area contributed by atoms with Crippen LogP contribution in [0.2, 0.25) is 0 Å². The molecule has 6 nitrogen and oxygen atoms in total. The van der Waals surface area contributed by atoms with Gasteiger partial charge < -0.3 is 10.1 Å². The number of carbonyl (C=O) groups excluding carboxylic acids is 1. The molecule has 0 bridgehead atoms. The van der Waals surface area contributed by atoms with Crippen LogP contribution >= 0.6 is 0 Å². The molecule has 158 valence electrons. The van der Waals surface area contributed by atoms with Crippen LogP contribution in [0, 0.1) is 0 Å². The average Bonchev–Trinajstić information content (AvgIpc) is 2.69. The number of amides is 1. The Balaban J connectivity index is 2.03. The average molecular weight is 419 g/mol. The first-order chi connectivity index (χ1) is 13.8. The fourth-order valence-electron chi connectivity index (χ4n) is 3.18. The van der Waals surface area contributed by atoms with Crippen LogP contribution in [0.15, 0.2) is 54.6 Å². The van der Waals surface area contributed by atoms with Crippen LogP contribution in [0.25, 0.3) is 0 Å². The Morgan fingerprint density at radius 2 is 1.69 bits per heavy atom. The zero-order valence-electron chi connectivity index (χ0n) is 17.5. The number of nitrogens with zero attached hydrogens (tertiary/aromatic N) is 1.